The number of aryl methyl sites for hydroxylation is 1. The normalized spacial score (nSPS) is 11.6. The van der Waals surface area contributed by atoms with Crippen molar-refractivity contribution in [1.29, 1.82) is 0 Å². The van der Waals surface area contributed by atoms with E-state index in [0.29, 0.717) is 17.0 Å². The van der Waals surface area contributed by atoms with Gasteiger partial charge in [-0.05, 0) is 26.0 Å². The topological polar surface area (TPSA) is 46.3 Å². The molecule has 0 aliphatic rings. The summed E-state index contributed by atoms with van der Waals surface area (Å²) in [4.78, 5) is 17.8. The Bertz CT molecular complexity index is 623. The summed E-state index contributed by atoms with van der Waals surface area (Å²) in [6, 6.07) is 4.60. The quantitative estimate of drug-likeness (QED) is 0.864. The molecule has 0 spiro atoms. The SMILES string of the molecule is Cc1nc2c(C(=O)N(CC(F)F)C(C)C)cccc2o1. The molecule has 108 valence electrons. The van der Waals surface area contributed by atoms with E-state index in [1.807, 2.05) is 0 Å². The summed E-state index contributed by atoms with van der Waals surface area (Å²) in [7, 11) is 0. The van der Waals surface area contributed by atoms with Gasteiger partial charge in [-0.15, -0.1) is 0 Å². The first kappa shape index (κ1) is 14.4. The van der Waals surface area contributed by atoms with Crippen molar-refractivity contribution in [2.45, 2.75) is 33.2 Å². The third kappa shape index (κ3) is 2.79. The molecule has 0 saturated heterocycles. The fraction of sp³-hybridized carbons (Fsp3) is 0.429. The highest BCUT2D eigenvalue weighted by Gasteiger charge is 2.24. The highest BCUT2D eigenvalue weighted by molar-refractivity contribution is 6.04. The molecule has 1 aromatic carbocycles. The molecule has 0 bridgehead atoms. The van der Waals surface area contributed by atoms with Crippen molar-refractivity contribution in [1.82, 2.24) is 9.88 Å². The lowest BCUT2D eigenvalue weighted by molar-refractivity contribution is 0.0478. The Morgan fingerprint density at radius 3 is 2.70 bits per heavy atom. The Morgan fingerprint density at radius 2 is 2.10 bits per heavy atom. The summed E-state index contributed by atoms with van der Waals surface area (Å²) in [5.74, 6) is -0.0237. The van der Waals surface area contributed by atoms with Crippen molar-refractivity contribution >= 4 is 17.0 Å². The molecule has 1 amide bonds. The Hall–Kier alpha value is -1.98. The van der Waals surface area contributed by atoms with Crippen molar-refractivity contribution in [2.24, 2.45) is 0 Å². The zero-order valence-corrected chi connectivity index (χ0v) is 11.6. The van der Waals surface area contributed by atoms with Gasteiger partial charge in [0.25, 0.3) is 12.3 Å². The lowest BCUT2D eigenvalue weighted by atomic mass is 10.1. The van der Waals surface area contributed by atoms with Gasteiger partial charge < -0.3 is 9.32 Å². The summed E-state index contributed by atoms with van der Waals surface area (Å²) >= 11 is 0. The molecule has 0 atom stereocenters. The highest BCUT2D eigenvalue weighted by atomic mass is 19.3. The number of nitrogens with zero attached hydrogens (tertiary/aromatic N) is 2. The lowest BCUT2D eigenvalue weighted by Gasteiger charge is -2.26. The third-order valence-corrected chi connectivity index (χ3v) is 2.98. The van der Waals surface area contributed by atoms with E-state index >= 15 is 0 Å². The van der Waals surface area contributed by atoms with Crippen LogP contribution >= 0.6 is 0 Å². The number of carbonyl (C=O) groups is 1. The van der Waals surface area contributed by atoms with E-state index in [1.54, 1.807) is 39.0 Å². The maximum absolute atomic E-state index is 12.6. The third-order valence-electron chi connectivity index (χ3n) is 2.98. The minimum absolute atomic E-state index is 0.286. The van der Waals surface area contributed by atoms with Gasteiger partial charge in [0.1, 0.15) is 5.52 Å². The van der Waals surface area contributed by atoms with Crippen molar-refractivity contribution in [2.75, 3.05) is 6.54 Å². The summed E-state index contributed by atoms with van der Waals surface area (Å²) in [5.41, 5.74) is 1.18. The smallest absolute Gasteiger partial charge is 0.256 e. The van der Waals surface area contributed by atoms with Crippen molar-refractivity contribution in [3.63, 3.8) is 0 Å². The van der Waals surface area contributed by atoms with Crippen LogP contribution in [0.15, 0.2) is 22.6 Å². The summed E-state index contributed by atoms with van der Waals surface area (Å²) in [6.07, 6.45) is -2.57. The Kier molecular flexibility index (Phi) is 4.01. The standard InChI is InChI=1S/C14H16F2N2O2/c1-8(2)18(7-12(15)16)14(19)10-5-4-6-11-13(10)17-9(3)20-11/h4-6,8,12H,7H2,1-3H3. The van der Waals surface area contributed by atoms with Crippen LogP contribution in [0.2, 0.25) is 0 Å². The van der Waals surface area contributed by atoms with Gasteiger partial charge in [-0.1, -0.05) is 6.07 Å². The number of benzene rings is 1. The molecule has 0 unspecified atom stereocenters. The number of rotatable bonds is 4. The Balaban J connectivity index is 2.43. The van der Waals surface area contributed by atoms with Crippen LogP contribution in [-0.4, -0.2) is 34.8 Å². The molecular weight excluding hydrogens is 266 g/mol. The number of carbonyl (C=O) groups excluding carboxylic acids is 1. The number of amides is 1. The summed E-state index contributed by atoms with van der Waals surface area (Å²) < 4.78 is 30.6. The second kappa shape index (κ2) is 5.56. The molecule has 2 rings (SSSR count). The first-order valence-corrected chi connectivity index (χ1v) is 6.35. The van der Waals surface area contributed by atoms with Gasteiger partial charge in [0.05, 0.1) is 12.1 Å². The maximum Gasteiger partial charge on any atom is 0.256 e. The van der Waals surface area contributed by atoms with Gasteiger partial charge >= 0.3 is 0 Å². The highest BCUT2D eigenvalue weighted by Crippen LogP contribution is 2.21. The Morgan fingerprint density at radius 1 is 1.40 bits per heavy atom. The number of oxazole rings is 1. The van der Waals surface area contributed by atoms with E-state index in [2.05, 4.69) is 4.98 Å². The monoisotopic (exact) mass is 282 g/mol. The zero-order chi connectivity index (χ0) is 14.9. The molecule has 0 fully saturated rings. The molecule has 20 heavy (non-hydrogen) atoms. The Labute approximate surface area is 115 Å². The van der Waals surface area contributed by atoms with E-state index in [-0.39, 0.29) is 11.6 Å². The van der Waals surface area contributed by atoms with Gasteiger partial charge in [0.2, 0.25) is 0 Å². The predicted octanol–water partition coefficient (Wildman–Crippen LogP) is 3.25. The van der Waals surface area contributed by atoms with Crippen LogP contribution in [0.5, 0.6) is 0 Å². The molecule has 0 radical (unpaired) electrons. The molecule has 4 nitrogen and oxygen atoms in total. The fourth-order valence-electron chi connectivity index (χ4n) is 2.06. The fourth-order valence-corrected chi connectivity index (χ4v) is 2.06. The van der Waals surface area contributed by atoms with Crippen LogP contribution in [0.25, 0.3) is 11.1 Å². The average Bonchev–Trinajstić information content (AvgIpc) is 2.74. The van der Waals surface area contributed by atoms with Gasteiger partial charge in [-0.3, -0.25) is 4.79 Å². The van der Waals surface area contributed by atoms with E-state index in [9.17, 15) is 13.6 Å². The number of fused-ring (bicyclic) bond motifs is 1. The van der Waals surface area contributed by atoms with Crippen LogP contribution in [-0.2, 0) is 0 Å². The van der Waals surface area contributed by atoms with E-state index < -0.39 is 18.9 Å². The summed E-state index contributed by atoms with van der Waals surface area (Å²) in [6.45, 7) is 4.49. The van der Waals surface area contributed by atoms with E-state index in [0.717, 1.165) is 4.90 Å². The molecule has 0 aliphatic heterocycles. The second-order valence-corrected chi connectivity index (χ2v) is 4.83. The second-order valence-electron chi connectivity index (χ2n) is 4.83. The number of hydrogen-bond donors (Lipinski definition) is 0. The molecule has 1 aromatic heterocycles. The van der Waals surface area contributed by atoms with Crippen LogP contribution in [0.4, 0.5) is 8.78 Å². The van der Waals surface area contributed by atoms with Crippen LogP contribution < -0.4 is 0 Å². The van der Waals surface area contributed by atoms with Crippen LogP contribution in [0, 0.1) is 6.92 Å². The zero-order valence-electron chi connectivity index (χ0n) is 11.6. The van der Waals surface area contributed by atoms with Gasteiger partial charge in [0.15, 0.2) is 11.5 Å². The number of alkyl halides is 2. The number of halogens is 2. The minimum atomic E-state index is -2.57. The molecule has 6 heteroatoms. The van der Waals surface area contributed by atoms with Gasteiger partial charge in [0, 0.05) is 13.0 Å². The minimum Gasteiger partial charge on any atom is -0.441 e. The maximum atomic E-state index is 12.6. The average molecular weight is 282 g/mol. The van der Waals surface area contributed by atoms with E-state index in [1.165, 1.54) is 0 Å². The molecule has 0 aliphatic carbocycles. The molecular formula is C14H16F2N2O2. The predicted molar refractivity (Wildman–Crippen MR) is 70.9 cm³/mol. The van der Waals surface area contributed by atoms with Gasteiger partial charge in [-0.25, -0.2) is 13.8 Å². The largest absolute Gasteiger partial charge is 0.441 e. The van der Waals surface area contributed by atoms with Crippen LogP contribution in [0.1, 0.15) is 30.1 Å². The van der Waals surface area contributed by atoms with Crippen LogP contribution in [0.3, 0.4) is 0 Å². The molecule has 0 N–H and O–H groups in total. The molecule has 2 aromatic rings. The summed E-state index contributed by atoms with van der Waals surface area (Å²) in [5, 5.41) is 0. The van der Waals surface area contributed by atoms with Crippen molar-refractivity contribution in [3.05, 3.63) is 29.7 Å². The number of para-hydroxylation sites is 1. The number of aromatic nitrogens is 1. The van der Waals surface area contributed by atoms with E-state index in [4.69, 9.17) is 4.42 Å². The van der Waals surface area contributed by atoms with Crippen molar-refractivity contribution in [3.8, 4) is 0 Å². The van der Waals surface area contributed by atoms with Gasteiger partial charge in [-0.2, -0.15) is 0 Å². The molecule has 1 heterocycles. The molecule has 0 saturated carbocycles. The number of hydrogen-bond acceptors (Lipinski definition) is 3. The lowest BCUT2D eigenvalue weighted by Crippen LogP contribution is -2.40. The first-order chi connectivity index (χ1) is 9.40. The van der Waals surface area contributed by atoms with Crippen molar-refractivity contribution < 1.29 is 18.0 Å². The first-order valence-electron chi connectivity index (χ1n) is 6.35.